The van der Waals surface area contributed by atoms with Gasteiger partial charge in [0.25, 0.3) is 11.7 Å². The first-order chi connectivity index (χ1) is 17.0. The van der Waals surface area contributed by atoms with Crippen LogP contribution in [-0.4, -0.2) is 39.4 Å². The summed E-state index contributed by atoms with van der Waals surface area (Å²) >= 11 is 0. The van der Waals surface area contributed by atoms with Crippen molar-refractivity contribution in [2.45, 2.75) is 39.0 Å². The second-order valence-corrected chi connectivity index (χ2v) is 8.71. The van der Waals surface area contributed by atoms with Crippen molar-refractivity contribution in [2.75, 3.05) is 6.61 Å². The molecule has 2 atom stereocenters. The molecule has 5 rings (SSSR count). The topological polar surface area (TPSA) is 89.0 Å². The largest absolute Gasteiger partial charge is 0.507 e. The Labute approximate surface area is 203 Å². The van der Waals surface area contributed by atoms with Crippen LogP contribution in [0.15, 0.2) is 72.6 Å². The van der Waals surface area contributed by atoms with Crippen molar-refractivity contribution in [1.82, 2.24) is 9.88 Å². The second kappa shape index (κ2) is 9.25. The Morgan fingerprint density at radius 1 is 1.14 bits per heavy atom. The van der Waals surface area contributed by atoms with Crippen LogP contribution in [0.2, 0.25) is 0 Å². The molecule has 0 spiro atoms. The van der Waals surface area contributed by atoms with Gasteiger partial charge in [0.2, 0.25) is 0 Å². The maximum atomic E-state index is 13.4. The summed E-state index contributed by atoms with van der Waals surface area (Å²) in [4.78, 5) is 32.2. The highest BCUT2D eigenvalue weighted by atomic mass is 16.5. The van der Waals surface area contributed by atoms with Crippen LogP contribution in [0, 0.1) is 0 Å². The average molecular weight is 471 g/mol. The molecule has 2 aliphatic heterocycles. The summed E-state index contributed by atoms with van der Waals surface area (Å²) < 4.78 is 11.6. The lowest BCUT2D eigenvalue weighted by Gasteiger charge is -2.27. The van der Waals surface area contributed by atoms with Crippen LogP contribution in [0.4, 0.5) is 0 Å². The Kier molecular flexibility index (Phi) is 5.99. The number of aliphatic hydroxyl groups excluding tert-OH is 1. The van der Waals surface area contributed by atoms with E-state index in [1.54, 1.807) is 42.7 Å². The summed E-state index contributed by atoms with van der Waals surface area (Å²) in [5.74, 6) is -0.274. The number of aromatic nitrogens is 1. The first-order valence-electron chi connectivity index (χ1n) is 11.7. The number of ketones is 1. The maximum Gasteiger partial charge on any atom is 0.295 e. The number of ether oxygens (including phenoxy) is 2. The highest BCUT2D eigenvalue weighted by Crippen LogP contribution is 2.44. The van der Waals surface area contributed by atoms with Gasteiger partial charge in [0, 0.05) is 36.5 Å². The SMILES string of the molecule is CCOc1ccccc1C1C(=C(O)c2ccc3c(c2)CC(C)O3)C(=O)C(=O)N1Cc1ccncc1. The van der Waals surface area contributed by atoms with E-state index in [0.717, 1.165) is 16.9 Å². The van der Waals surface area contributed by atoms with E-state index in [4.69, 9.17) is 9.47 Å². The number of rotatable bonds is 6. The molecule has 0 saturated carbocycles. The zero-order valence-corrected chi connectivity index (χ0v) is 19.6. The minimum Gasteiger partial charge on any atom is -0.507 e. The van der Waals surface area contributed by atoms with E-state index in [0.29, 0.717) is 29.9 Å². The summed E-state index contributed by atoms with van der Waals surface area (Å²) in [5.41, 5.74) is 2.94. The van der Waals surface area contributed by atoms with Crippen molar-refractivity contribution in [3.8, 4) is 11.5 Å². The lowest BCUT2D eigenvalue weighted by molar-refractivity contribution is -0.140. The third-order valence-corrected chi connectivity index (χ3v) is 6.33. The number of benzene rings is 2. The molecule has 1 aromatic heterocycles. The number of para-hydroxylation sites is 1. The molecule has 178 valence electrons. The van der Waals surface area contributed by atoms with E-state index >= 15 is 0 Å². The number of likely N-dealkylation sites (tertiary alicyclic amines) is 1. The fraction of sp³-hybridized carbons (Fsp3) is 0.250. The molecule has 1 N–H and O–H groups in total. The number of carbonyl (C=O) groups is 2. The third-order valence-electron chi connectivity index (χ3n) is 6.33. The standard InChI is InChI=1S/C28H26N2O5/c1-3-34-23-7-5-4-6-21(23)25-24(26(31)19-8-9-22-20(15-19)14-17(2)35-22)27(32)28(33)30(25)16-18-10-12-29-13-11-18/h4-13,15,17,25,31H,3,14,16H2,1-2H3. The Hall–Kier alpha value is -4.13. The van der Waals surface area contributed by atoms with E-state index in [2.05, 4.69) is 4.98 Å². The first-order valence-corrected chi connectivity index (χ1v) is 11.7. The van der Waals surface area contributed by atoms with Gasteiger partial charge in [0.05, 0.1) is 18.2 Å². The number of pyridine rings is 1. The molecule has 7 heteroatoms. The van der Waals surface area contributed by atoms with Crippen LogP contribution in [0.5, 0.6) is 11.5 Å². The number of hydrogen-bond donors (Lipinski definition) is 1. The lowest BCUT2D eigenvalue weighted by atomic mass is 9.93. The van der Waals surface area contributed by atoms with Gasteiger partial charge in [-0.15, -0.1) is 0 Å². The molecule has 3 aromatic rings. The minimum absolute atomic E-state index is 0.0446. The van der Waals surface area contributed by atoms with E-state index in [9.17, 15) is 14.7 Å². The molecule has 2 unspecified atom stereocenters. The van der Waals surface area contributed by atoms with Crippen LogP contribution in [-0.2, 0) is 22.6 Å². The smallest absolute Gasteiger partial charge is 0.295 e. The zero-order valence-electron chi connectivity index (χ0n) is 19.6. The summed E-state index contributed by atoms with van der Waals surface area (Å²) in [6, 6.07) is 15.4. The molecule has 0 radical (unpaired) electrons. The highest BCUT2D eigenvalue weighted by Gasteiger charge is 2.47. The van der Waals surface area contributed by atoms with Crippen molar-refractivity contribution < 1.29 is 24.2 Å². The van der Waals surface area contributed by atoms with Crippen molar-refractivity contribution >= 4 is 17.4 Å². The number of aliphatic hydroxyl groups is 1. The highest BCUT2D eigenvalue weighted by molar-refractivity contribution is 6.46. The molecule has 1 saturated heterocycles. The Balaban J connectivity index is 1.66. The van der Waals surface area contributed by atoms with Crippen molar-refractivity contribution in [3.05, 3.63) is 94.8 Å². The molecular weight excluding hydrogens is 444 g/mol. The minimum atomic E-state index is -0.811. The van der Waals surface area contributed by atoms with Gasteiger partial charge in [-0.25, -0.2) is 0 Å². The summed E-state index contributed by atoms with van der Waals surface area (Å²) in [6.07, 6.45) is 4.04. The first kappa shape index (κ1) is 22.7. The van der Waals surface area contributed by atoms with Gasteiger partial charge in [-0.1, -0.05) is 18.2 Å². The third kappa shape index (κ3) is 4.14. The van der Waals surface area contributed by atoms with Crippen LogP contribution in [0.1, 0.15) is 42.1 Å². The van der Waals surface area contributed by atoms with E-state index in [1.807, 2.05) is 38.1 Å². The number of amides is 1. The van der Waals surface area contributed by atoms with Gasteiger partial charge >= 0.3 is 0 Å². The van der Waals surface area contributed by atoms with Gasteiger partial charge < -0.3 is 19.5 Å². The van der Waals surface area contributed by atoms with Crippen LogP contribution < -0.4 is 9.47 Å². The fourth-order valence-corrected chi connectivity index (χ4v) is 4.77. The maximum absolute atomic E-state index is 13.4. The molecule has 3 heterocycles. The normalized spacial score (nSPS) is 20.6. The van der Waals surface area contributed by atoms with Crippen LogP contribution >= 0.6 is 0 Å². The molecule has 1 amide bonds. The van der Waals surface area contributed by atoms with E-state index < -0.39 is 17.7 Å². The molecule has 7 nitrogen and oxygen atoms in total. The summed E-state index contributed by atoms with van der Waals surface area (Å²) in [6.45, 7) is 4.46. The Morgan fingerprint density at radius 3 is 2.69 bits per heavy atom. The van der Waals surface area contributed by atoms with Crippen molar-refractivity contribution in [1.29, 1.82) is 0 Å². The van der Waals surface area contributed by atoms with Gasteiger partial charge in [-0.2, -0.15) is 0 Å². The fourth-order valence-electron chi connectivity index (χ4n) is 4.77. The second-order valence-electron chi connectivity index (χ2n) is 8.71. The predicted molar refractivity (Wildman–Crippen MR) is 130 cm³/mol. The van der Waals surface area contributed by atoms with Crippen LogP contribution in [0.25, 0.3) is 5.76 Å². The van der Waals surface area contributed by atoms with Gasteiger partial charge in [-0.3, -0.25) is 14.6 Å². The summed E-state index contributed by atoms with van der Waals surface area (Å²) in [5, 5.41) is 11.4. The van der Waals surface area contributed by atoms with Gasteiger partial charge in [0.1, 0.15) is 23.4 Å². The van der Waals surface area contributed by atoms with E-state index in [-0.39, 0.29) is 24.0 Å². The van der Waals surface area contributed by atoms with Crippen LogP contribution in [0.3, 0.4) is 0 Å². The number of hydrogen-bond acceptors (Lipinski definition) is 6. The van der Waals surface area contributed by atoms with Gasteiger partial charge in [-0.05, 0) is 61.4 Å². The average Bonchev–Trinajstić information content (AvgIpc) is 3.36. The number of nitrogens with zero attached hydrogens (tertiary/aromatic N) is 2. The monoisotopic (exact) mass is 470 g/mol. The molecule has 0 bridgehead atoms. The molecule has 0 aliphatic carbocycles. The number of Topliss-reactive ketones (excluding diaryl/α,β-unsaturated/α-hetero) is 1. The van der Waals surface area contributed by atoms with Gasteiger partial charge in [0.15, 0.2) is 0 Å². The molecule has 2 aromatic carbocycles. The Bertz CT molecular complexity index is 1320. The van der Waals surface area contributed by atoms with E-state index in [1.165, 1.54) is 4.90 Å². The quantitative estimate of drug-likeness (QED) is 0.326. The zero-order chi connectivity index (χ0) is 24.5. The predicted octanol–water partition coefficient (Wildman–Crippen LogP) is 4.43. The number of fused-ring (bicyclic) bond motifs is 1. The molecular formula is C28H26N2O5. The van der Waals surface area contributed by atoms with Crippen molar-refractivity contribution in [3.63, 3.8) is 0 Å². The molecule has 2 aliphatic rings. The molecule has 35 heavy (non-hydrogen) atoms. The number of carbonyl (C=O) groups excluding carboxylic acids is 2. The lowest BCUT2D eigenvalue weighted by Crippen LogP contribution is -2.29. The Morgan fingerprint density at radius 2 is 1.91 bits per heavy atom. The summed E-state index contributed by atoms with van der Waals surface area (Å²) in [7, 11) is 0. The van der Waals surface area contributed by atoms with Crippen molar-refractivity contribution in [2.24, 2.45) is 0 Å². The molecule has 1 fully saturated rings.